The van der Waals surface area contributed by atoms with Gasteiger partial charge in [-0.15, -0.1) is 4.72 Å². The van der Waals surface area contributed by atoms with Crippen LogP contribution in [-0.2, 0) is 11.4 Å². The molecule has 0 aromatic heterocycles. The Balaban J connectivity index is 2.06. The fourth-order valence-corrected chi connectivity index (χ4v) is 1.67. The van der Waals surface area contributed by atoms with Crippen molar-refractivity contribution in [2.75, 3.05) is 19.6 Å². The van der Waals surface area contributed by atoms with Crippen LogP contribution in [0.4, 0.5) is 0 Å². The van der Waals surface area contributed by atoms with Crippen LogP contribution in [0.1, 0.15) is 6.42 Å². The van der Waals surface area contributed by atoms with E-state index in [4.69, 9.17) is 0 Å². The normalized spacial score (nSPS) is 26.8. The van der Waals surface area contributed by atoms with E-state index in [1.54, 1.807) is 0 Å². The zero-order chi connectivity index (χ0) is 8.10. The van der Waals surface area contributed by atoms with Crippen LogP contribution >= 0.6 is 0 Å². The first kappa shape index (κ1) is 9.06. The number of hydrogen-bond acceptors (Lipinski definition) is 3. The highest BCUT2D eigenvalue weighted by molar-refractivity contribution is 7.92. The summed E-state index contributed by atoms with van der Waals surface area (Å²) in [5.74, 6) is 0.638. The minimum atomic E-state index is -1.04. The van der Waals surface area contributed by atoms with Gasteiger partial charge in [0.2, 0.25) is 0 Å². The molecule has 1 rings (SSSR count). The van der Waals surface area contributed by atoms with Crippen molar-refractivity contribution in [3.8, 4) is 0 Å². The highest BCUT2D eigenvalue weighted by Crippen LogP contribution is 2.05. The van der Waals surface area contributed by atoms with E-state index in [0.29, 0.717) is 5.92 Å². The lowest BCUT2D eigenvalue weighted by Gasteiger charge is -2.09. The van der Waals surface area contributed by atoms with Crippen LogP contribution in [0.15, 0.2) is 12.0 Å². The molecule has 1 heterocycles. The van der Waals surface area contributed by atoms with E-state index in [-0.39, 0.29) is 0 Å². The molecule has 0 radical (unpaired) electrons. The summed E-state index contributed by atoms with van der Waals surface area (Å²) in [7, 11) is 0. The summed E-state index contributed by atoms with van der Waals surface area (Å²) in [6.45, 7) is 6.39. The van der Waals surface area contributed by atoms with E-state index < -0.39 is 11.4 Å². The summed E-state index contributed by atoms with van der Waals surface area (Å²) in [5.41, 5.74) is 0. The first-order chi connectivity index (χ1) is 5.33. The van der Waals surface area contributed by atoms with E-state index in [2.05, 4.69) is 16.6 Å². The zero-order valence-corrected chi connectivity index (χ0v) is 7.32. The van der Waals surface area contributed by atoms with Crippen molar-refractivity contribution in [3.05, 3.63) is 12.0 Å². The average Bonchev–Trinajstić information content (AvgIpc) is 2.52. The molecule has 1 fully saturated rings. The molecule has 11 heavy (non-hydrogen) atoms. The van der Waals surface area contributed by atoms with Gasteiger partial charge in [-0.25, -0.2) is 0 Å². The summed E-state index contributed by atoms with van der Waals surface area (Å²) >= 11 is -1.04. The van der Waals surface area contributed by atoms with Gasteiger partial charge in [-0.3, -0.25) is 0 Å². The van der Waals surface area contributed by atoms with Crippen LogP contribution < -0.4 is 10.0 Å². The van der Waals surface area contributed by atoms with Crippen molar-refractivity contribution in [2.45, 2.75) is 6.42 Å². The van der Waals surface area contributed by atoms with Crippen LogP contribution in [0.3, 0.4) is 0 Å². The van der Waals surface area contributed by atoms with Gasteiger partial charge < -0.3 is 9.87 Å². The lowest BCUT2D eigenvalue weighted by molar-refractivity contribution is 0.544. The van der Waals surface area contributed by atoms with E-state index in [1.807, 2.05) is 0 Å². The molecule has 0 aromatic rings. The predicted octanol–water partition coefficient (Wildman–Crippen LogP) is -0.00730. The molecule has 0 saturated carbocycles. The highest BCUT2D eigenvalue weighted by Gasteiger charge is 2.15. The maximum absolute atomic E-state index is 10.8. The Morgan fingerprint density at radius 3 is 3.18 bits per heavy atom. The van der Waals surface area contributed by atoms with Gasteiger partial charge in [-0.1, -0.05) is 0 Å². The molecule has 2 N–H and O–H groups in total. The third-order valence-corrected chi connectivity index (χ3v) is 2.58. The molecule has 0 aromatic carbocycles. The SMILES string of the molecule is C=C[S+]([O-])NC[C@H]1CCNC1. The summed E-state index contributed by atoms with van der Waals surface area (Å²) < 4.78 is 13.7. The first-order valence-electron chi connectivity index (χ1n) is 3.80. The fourth-order valence-electron chi connectivity index (χ4n) is 1.15. The number of nitrogens with one attached hydrogen (secondary N) is 2. The molecule has 1 unspecified atom stereocenters. The van der Waals surface area contributed by atoms with Crippen LogP contribution in [0.5, 0.6) is 0 Å². The second kappa shape index (κ2) is 4.77. The van der Waals surface area contributed by atoms with Crippen LogP contribution in [0, 0.1) is 5.92 Å². The van der Waals surface area contributed by atoms with E-state index in [9.17, 15) is 4.55 Å². The Kier molecular flexibility index (Phi) is 3.93. The van der Waals surface area contributed by atoms with Crippen molar-refractivity contribution in [3.63, 3.8) is 0 Å². The first-order valence-corrected chi connectivity index (χ1v) is 5.01. The maximum atomic E-state index is 10.8. The van der Waals surface area contributed by atoms with Crippen molar-refractivity contribution in [1.29, 1.82) is 0 Å². The maximum Gasteiger partial charge on any atom is 0.131 e. The summed E-state index contributed by atoms with van der Waals surface area (Å²) in [5, 5.41) is 4.67. The van der Waals surface area contributed by atoms with Crippen LogP contribution in [0.25, 0.3) is 0 Å². The zero-order valence-electron chi connectivity index (χ0n) is 6.51. The van der Waals surface area contributed by atoms with E-state index in [1.165, 1.54) is 11.8 Å². The Morgan fingerprint density at radius 1 is 1.82 bits per heavy atom. The van der Waals surface area contributed by atoms with Gasteiger partial charge in [0.1, 0.15) is 5.41 Å². The Morgan fingerprint density at radius 2 is 2.64 bits per heavy atom. The molecule has 1 saturated heterocycles. The van der Waals surface area contributed by atoms with Gasteiger partial charge in [-0.2, -0.15) is 0 Å². The van der Waals surface area contributed by atoms with Gasteiger partial charge in [0.25, 0.3) is 0 Å². The predicted molar refractivity (Wildman–Crippen MR) is 47.3 cm³/mol. The van der Waals surface area contributed by atoms with Crippen molar-refractivity contribution < 1.29 is 4.55 Å². The topological polar surface area (TPSA) is 47.1 Å². The lowest BCUT2D eigenvalue weighted by atomic mass is 10.1. The molecule has 2 atom stereocenters. The van der Waals surface area contributed by atoms with Gasteiger partial charge in [0.15, 0.2) is 0 Å². The van der Waals surface area contributed by atoms with Crippen molar-refractivity contribution >= 4 is 11.4 Å². The second-order valence-electron chi connectivity index (χ2n) is 2.67. The quantitative estimate of drug-likeness (QED) is 0.589. The van der Waals surface area contributed by atoms with Gasteiger partial charge in [0.05, 0.1) is 11.4 Å². The molecular formula is C7H14N2OS. The van der Waals surface area contributed by atoms with Gasteiger partial charge >= 0.3 is 0 Å². The Bertz CT molecular complexity index is 126. The molecule has 0 spiro atoms. The van der Waals surface area contributed by atoms with Gasteiger partial charge in [0, 0.05) is 6.54 Å². The molecule has 1 aliphatic heterocycles. The third-order valence-electron chi connectivity index (χ3n) is 1.83. The number of rotatable bonds is 4. The molecule has 64 valence electrons. The van der Waals surface area contributed by atoms with Crippen LogP contribution in [-0.4, -0.2) is 24.2 Å². The molecule has 1 aliphatic rings. The summed E-state index contributed by atoms with van der Waals surface area (Å²) in [4.78, 5) is 0. The molecule has 0 bridgehead atoms. The van der Waals surface area contributed by atoms with E-state index in [0.717, 1.165) is 19.6 Å². The minimum Gasteiger partial charge on any atom is -0.593 e. The highest BCUT2D eigenvalue weighted by atomic mass is 32.2. The summed E-state index contributed by atoms with van der Waals surface area (Å²) in [6.07, 6.45) is 1.18. The molecular weight excluding hydrogens is 160 g/mol. The summed E-state index contributed by atoms with van der Waals surface area (Å²) in [6, 6.07) is 0. The Labute approximate surface area is 70.6 Å². The van der Waals surface area contributed by atoms with Gasteiger partial charge in [-0.05, 0) is 32.0 Å². The molecule has 0 amide bonds. The fraction of sp³-hybridized carbons (Fsp3) is 0.714. The standard InChI is InChI=1S/C7H14N2OS/c1-2-11(10)9-6-7-3-4-8-5-7/h2,7-9H,1,3-6H2/t7-,11?/m0/s1. The third kappa shape index (κ3) is 3.25. The molecule has 4 heteroatoms. The largest absolute Gasteiger partial charge is 0.593 e. The number of hydrogen-bond donors (Lipinski definition) is 2. The molecule has 0 aliphatic carbocycles. The lowest BCUT2D eigenvalue weighted by Crippen LogP contribution is -2.28. The van der Waals surface area contributed by atoms with Crippen molar-refractivity contribution in [1.82, 2.24) is 10.0 Å². The van der Waals surface area contributed by atoms with Crippen LogP contribution in [0.2, 0.25) is 0 Å². The second-order valence-corrected chi connectivity index (χ2v) is 3.89. The Hall–Kier alpha value is -0.0300. The van der Waals surface area contributed by atoms with E-state index >= 15 is 0 Å². The van der Waals surface area contributed by atoms with Crippen molar-refractivity contribution in [2.24, 2.45) is 5.92 Å². The minimum absolute atomic E-state index is 0.638. The smallest absolute Gasteiger partial charge is 0.131 e. The average molecular weight is 174 g/mol. The monoisotopic (exact) mass is 174 g/mol. The molecule has 3 nitrogen and oxygen atoms in total.